The van der Waals surface area contributed by atoms with Crippen molar-refractivity contribution in [2.24, 2.45) is 11.1 Å². The van der Waals surface area contributed by atoms with Crippen LogP contribution in [0.15, 0.2) is 24.3 Å². The lowest BCUT2D eigenvalue weighted by Crippen LogP contribution is -2.47. The Morgan fingerprint density at radius 1 is 1.11 bits per heavy atom. The number of hydrogen-bond acceptors (Lipinski definition) is 3. The van der Waals surface area contributed by atoms with Gasteiger partial charge in [-0.25, -0.2) is 0 Å². The Morgan fingerprint density at radius 3 is 2.57 bits per heavy atom. The molecule has 2 fully saturated rings. The van der Waals surface area contributed by atoms with Gasteiger partial charge in [0.15, 0.2) is 0 Å². The van der Waals surface area contributed by atoms with Crippen LogP contribution in [0.25, 0.3) is 0 Å². The molecule has 3 amide bonds. The Labute approximate surface area is 166 Å². The van der Waals surface area contributed by atoms with Gasteiger partial charge < -0.3 is 15.5 Å². The third kappa shape index (κ3) is 3.52. The molecule has 3 aliphatic rings. The topological polar surface area (TPSA) is 83.7 Å². The highest BCUT2D eigenvalue weighted by molar-refractivity contribution is 5.98. The number of amides is 3. The van der Waals surface area contributed by atoms with E-state index in [2.05, 4.69) is 0 Å². The first-order valence-electron chi connectivity index (χ1n) is 10.5. The molecule has 0 radical (unpaired) electrons. The Balaban J connectivity index is 1.50. The molecule has 0 unspecified atom stereocenters. The fourth-order valence-corrected chi connectivity index (χ4v) is 5.32. The van der Waals surface area contributed by atoms with Crippen molar-refractivity contribution in [2.45, 2.75) is 64.0 Å². The van der Waals surface area contributed by atoms with Crippen molar-refractivity contribution >= 4 is 17.7 Å². The SMILES string of the molecule is NC(=O)[C@H]1CCCN1C(=O)CC1(CN2Cc3ccccc3C2=O)CCCCC1. The Morgan fingerprint density at radius 2 is 1.86 bits per heavy atom. The third-order valence-electron chi connectivity index (χ3n) is 6.76. The van der Waals surface area contributed by atoms with E-state index in [0.717, 1.165) is 43.2 Å². The summed E-state index contributed by atoms with van der Waals surface area (Å²) < 4.78 is 0. The van der Waals surface area contributed by atoms with Crippen molar-refractivity contribution in [3.05, 3.63) is 35.4 Å². The molecule has 6 heteroatoms. The molecule has 150 valence electrons. The van der Waals surface area contributed by atoms with Crippen molar-refractivity contribution in [2.75, 3.05) is 13.1 Å². The van der Waals surface area contributed by atoms with Crippen LogP contribution in [0.5, 0.6) is 0 Å². The number of nitrogens with zero attached hydrogens (tertiary/aromatic N) is 2. The normalized spacial score (nSPS) is 23.7. The Kier molecular flexibility index (Phi) is 5.13. The summed E-state index contributed by atoms with van der Waals surface area (Å²) in [6.07, 6.45) is 7.14. The average molecular weight is 383 g/mol. The van der Waals surface area contributed by atoms with Crippen LogP contribution < -0.4 is 5.73 Å². The van der Waals surface area contributed by atoms with Crippen LogP contribution in [0, 0.1) is 5.41 Å². The third-order valence-corrected chi connectivity index (χ3v) is 6.76. The molecule has 4 rings (SSSR count). The number of nitrogens with two attached hydrogens (primary N) is 1. The molecule has 1 saturated carbocycles. The van der Waals surface area contributed by atoms with Crippen LogP contribution in [-0.4, -0.2) is 46.7 Å². The summed E-state index contributed by atoms with van der Waals surface area (Å²) in [6.45, 7) is 1.84. The lowest BCUT2D eigenvalue weighted by atomic mass is 9.71. The molecule has 2 aliphatic heterocycles. The van der Waals surface area contributed by atoms with E-state index in [-0.39, 0.29) is 17.2 Å². The molecule has 0 spiro atoms. The van der Waals surface area contributed by atoms with Gasteiger partial charge in [0.1, 0.15) is 6.04 Å². The lowest BCUT2D eigenvalue weighted by Gasteiger charge is -2.41. The molecule has 2 N–H and O–H groups in total. The summed E-state index contributed by atoms with van der Waals surface area (Å²) in [5.41, 5.74) is 7.16. The van der Waals surface area contributed by atoms with Crippen LogP contribution in [-0.2, 0) is 16.1 Å². The lowest BCUT2D eigenvalue weighted by molar-refractivity contribution is -0.140. The molecule has 1 aliphatic carbocycles. The second kappa shape index (κ2) is 7.57. The second-order valence-electron chi connectivity index (χ2n) is 8.70. The van der Waals surface area contributed by atoms with Crippen molar-refractivity contribution in [3.63, 3.8) is 0 Å². The Bertz CT molecular complexity index is 785. The standard InChI is InChI=1S/C22H29N3O3/c23-20(27)18-9-6-12-25(18)19(26)13-22(10-4-1-5-11-22)15-24-14-16-7-2-3-8-17(16)21(24)28/h2-3,7-8,18H,1,4-6,9-15H2,(H2,23,27)/t18-/m1/s1. The zero-order chi connectivity index (χ0) is 19.7. The molecule has 0 aromatic heterocycles. The molecular formula is C22H29N3O3. The summed E-state index contributed by atoms with van der Waals surface area (Å²) in [5, 5.41) is 0. The zero-order valence-corrected chi connectivity index (χ0v) is 16.4. The predicted molar refractivity (Wildman–Crippen MR) is 105 cm³/mol. The van der Waals surface area contributed by atoms with E-state index in [1.807, 2.05) is 29.2 Å². The molecule has 1 atom stereocenters. The smallest absolute Gasteiger partial charge is 0.254 e. The second-order valence-corrected chi connectivity index (χ2v) is 8.70. The minimum absolute atomic E-state index is 0.0207. The van der Waals surface area contributed by atoms with Gasteiger partial charge in [0, 0.05) is 31.6 Å². The Hall–Kier alpha value is -2.37. The van der Waals surface area contributed by atoms with Crippen molar-refractivity contribution < 1.29 is 14.4 Å². The number of carbonyl (C=O) groups excluding carboxylic acids is 3. The van der Waals surface area contributed by atoms with Gasteiger partial charge in [-0.2, -0.15) is 0 Å². The van der Waals surface area contributed by atoms with E-state index in [0.29, 0.717) is 32.5 Å². The maximum Gasteiger partial charge on any atom is 0.254 e. The molecule has 6 nitrogen and oxygen atoms in total. The quantitative estimate of drug-likeness (QED) is 0.848. The van der Waals surface area contributed by atoms with Crippen molar-refractivity contribution in [1.29, 1.82) is 0 Å². The summed E-state index contributed by atoms with van der Waals surface area (Å²) in [7, 11) is 0. The number of benzene rings is 1. The molecule has 1 saturated heterocycles. The monoisotopic (exact) mass is 383 g/mol. The summed E-state index contributed by atoms with van der Waals surface area (Å²) >= 11 is 0. The van der Waals surface area contributed by atoms with Gasteiger partial charge >= 0.3 is 0 Å². The van der Waals surface area contributed by atoms with Gasteiger partial charge in [0.2, 0.25) is 11.8 Å². The maximum atomic E-state index is 13.1. The predicted octanol–water partition coefficient (Wildman–Crippen LogP) is 2.46. The first-order valence-corrected chi connectivity index (χ1v) is 10.5. The highest BCUT2D eigenvalue weighted by Gasteiger charge is 2.42. The van der Waals surface area contributed by atoms with Gasteiger partial charge in [-0.05, 0) is 42.7 Å². The summed E-state index contributed by atoms with van der Waals surface area (Å²) in [6, 6.07) is 7.29. The van der Waals surface area contributed by atoms with Crippen LogP contribution in [0.2, 0.25) is 0 Å². The minimum atomic E-state index is -0.467. The van der Waals surface area contributed by atoms with E-state index in [9.17, 15) is 14.4 Å². The van der Waals surface area contributed by atoms with Crippen LogP contribution in [0.1, 0.15) is 67.3 Å². The fourth-order valence-electron chi connectivity index (χ4n) is 5.32. The first-order chi connectivity index (χ1) is 13.5. The van der Waals surface area contributed by atoms with Crippen molar-refractivity contribution in [1.82, 2.24) is 9.80 Å². The van der Waals surface area contributed by atoms with E-state index < -0.39 is 11.9 Å². The number of likely N-dealkylation sites (tertiary alicyclic amines) is 1. The number of carbonyl (C=O) groups is 3. The van der Waals surface area contributed by atoms with Gasteiger partial charge in [-0.1, -0.05) is 37.5 Å². The van der Waals surface area contributed by atoms with Crippen LogP contribution in [0.3, 0.4) is 0 Å². The summed E-state index contributed by atoms with van der Waals surface area (Å²) in [4.78, 5) is 41.3. The number of rotatable bonds is 5. The highest BCUT2D eigenvalue weighted by Crippen LogP contribution is 2.42. The first kappa shape index (κ1) is 19.0. The zero-order valence-electron chi connectivity index (χ0n) is 16.4. The fraction of sp³-hybridized carbons (Fsp3) is 0.591. The summed E-state index contributed by atoms with van der Waals surface area (Å²) in [5.74, 6) is -0.315. The van der Waals surface area contributed by atoms with E-state index in [4.69, 9.17) is 5.73 Å². The van der Waals surface area contributed by atoms with Gasteiger partial charge in [-0.3, -0.25) is 14.4 Å². The van der Waals surface area contributed by atoms with Crippen LogP contribution in [0.4, 0.5) is 0 Å². The van der Waals surface area contributed by atoms with Crippen LogP contribution >= 0.6 is 0 Å². The highest BCUT2D eigenvalue weighted by atomic mass is 16.2. The molecule has 1 aromatic carbocycles. The van der Waals surface area contributed by atoms with Gasteiger partial charge in [0.25, 0.3) is 5.91 Å². The average Bonchev–Trinajstić information content (AvgIpc) is 3.29. The van der Waals surface area contributed by atoms with Crippen molar-refractivity contribution in [3.8, 4) is 0 Å². The molecule has 2 heterocycles. The number of hydrogen-bond donors (Lipinski definition) is 1. The molecule has 0 bridgehead atoms. The molecule has 1 aromatic rings. The van der Waals surface area contributed by atoms with Gasteiger partial charge in [0.05, 0.1) is 0 Å². The largest absolute Gasteiger partial charge is 0.368 e. The van der Waals surface area contributed by atoms with E-state index >= 15 is 0 Å². The van der Waals surface area contributed by atoms with E-state index in [1.54, 1.807) is 4.90 Å². The van der Waals surface area contributed by atoms with Gasteiger partial charge in [-0.15, -0.1) is 0 Å². The number of fused-ring (bicyclic) bond motifs is 1. The minimum Gasteiger partial charge on any atom is -0.368 e. The number of primary amides is 1. The van der Waals surface area contributed by atoms with E-state index in [1.165, 1.54) is 6.42 Å². The molecular weight excluding hydrogens is 354 g/mol. The molecule has 28 heavy (non-hydrogen) atoms. The maximum absolute atomic E-state index is 13.1.